The first-order valence-corrected chi connectivity index (χ1v) is 4.95. The number of aliphatic imine (C=N–C) groups is 1. The molecule has 0 fully saturated rings. The largest absolute Gasteiger partial charge is 0.497 e. The highest BCUT2D eigenvalue weighted by atomic mass is 16.5. The number of aryl methyl sites for hydroxylation is 1. The van der Waals surface area contributed by atoms with Gasteiger partial charge in [-0.2, -0.15) is 0 Å². The summed E-state index contributed by atoms with van der Waals surface area (Å²) >= 11 is 0. The van der Waals surface area contributed by atoms with E-state index in [4.69, 9.17) is 4.74 Å². The summed E-state index contributed by atoms with van der Waals surface area (Å²) in [7, 11) is 3.56. The number of benzene rings is 1. The van der Waals surface area contributed by atoms with Gasteiger partial charge in [-0.1, -0.05) is 0 Å². The molecule has 0 unspecified atom stereocenters. The molecule has 0 saturated carbocycles. The topological polar surface area (TPSA) is 39.4 Å². The molecule has 0 aliphatic carbocycles. The Morgan fingerprint density at radius 2 is 2.06 bits per heavy atom. The summed E-state index contributed by atoms with van der Waals surface area (Å²) < 4.78 is 6.94. The minimum absolute atomic E-state index is 0.691. The predicted molar refractivity (Wildman–Crippen MR) is 63.5 cm³/mol. The molecular weight excluding hydrogens is 202 g/mol. The Kier molecular flexibility index (Phi) is 3.00. The third-order valence-corrected chi connectivity index (χ3v) is 2.24. The summed E-state index contributed by atoms with van der Waals surface area (Å²) in [6.45, 7) is 0. The number of imidazole rings is 1. The summed E-state index contributed by atoms with van der Waals surface area (Å²) in [5, 5.41) is 0. The summed E-state index contributed by atoms with van der Waals surface area (Å²) in [6, 6.07) is 7.70. The van der Waals surface area contributed by atoms with E-state index in [1.807, 2.05) is 42.1 Å². The standard InChI is InChI=1S/C12H13N3O/c1-15-8-7-13-12(15)14-9-10-3-5-11(16-2)6-4-10/h3-9H,1-2H3/b14-9+. The van der Waals surface area contributed by atoms with Crippen LogP contribution in [0.25, 0.3) is 0 Å². The third kappa shape index (κ3) is 2.28. The van der Waals surface area contributed by atoms with Crippen LogP contribution in [0.15, 0.2) is 41.7 Å². The lowest BCUT2D eigenvalue weighted by atomic mass is 10.2. The van der Waals surface area contributed by atoms with Crippen LogP contribution in [-0.2, 0) is 7.05 Å². The van der Waals surface area contributed by atoms with Gasteiger partial charge in [0.25, 0.3) is 0 Å². The summed E-state index contributed by atoms with van der Waals surface area (Å²) in [5.41, 5.74) is 1.02. The fourth-order valence-electron chi connectivity index (χ4n) is 1.30. The van der Waals surface area contributed by atoms with E-state index in [1.54, 1.807) is 19.5 Å². The van der Waals surface area contributed by atoms with Gasteiger partial charge in [0.05, 0.1) is 7.11 Å². The van der Waals surface area contributed by atoms with Gasteiger partial charge in [-0.05, 0) is 29.8 Å². The van der Waals surface area contributed by atoms with Crippen molar-refractivity contribution in [2.24, 2.45) is 12.0 Å². The zero-order chi connectivity index (χ0) is 11.4. The van der Waals surface area contributed by atoms with E-state index < -0.39 is 0 Å². The maximum Gasteiger partial charge on any atom is 0.229 e. The lowest BCUT2D eigenvalue weighted by molar-refractivity contribution is 0.415. The van der Waals surface area contributed by atoms with Crippen LogP contribution in [0.1, 0.15) is 5.56 Å². The molecule has 1 aromatic carbocycles. The van der Waals surface area contributed by atoms with Crippen molar-refractivity contribution < 1.29 is 4.74 Å². The Balaban J connectivity index is 2.14. The molecule has 4 heteroatoms. The summed E-state index contributed by atoms with van der Waals surface area (Å²) in [4.78, 5) is 8.38. The molecule has 0 bridgehead atoms. The second-order valence-corrected chi connectivity index (χ2v) is 3.37. The molecule has 0 N–H and O–H groups in total. The molecule has 0 atom stereocenters. The number of hydrogen-bond acceptors (Lipinski definition) is 3. The molecule has 0 spiro atoms. The SMILES string of the molecule is COc1ccc(/C=N/c2nccn2C)cc1. The molecule has 1 heterocycles. The second kappa shape index (κ2) is 4.61. The highest BCUT2D eigenvalue weighted by Crippen LogP contribution is 2.11. The smallest absolute Gasteiger partial charge is 0.229 e. The van der Waals surface area contributed by atoms with E-state index in [2.05, 4.69) is 9.98 Å². The van der Waals surface area contributed by atoms with Gasteiger partial charge in [-0.3, -0.25) is 0 Å². The van der Waals surface area contributed by atoms with Crippen LogP contribution >= 0.6 is 0 Å². The van der Waals surface area contributed by atoms with Gasteiger partial charge in [-0.25, -0.2) is 9.98 Å². The Labute approximate surface area is 94.2 Å². The van der Waals surface area contributed by atoms with Crippen LogP contribution in [0.4, 0.5) is 5.95 Å². The van der Waals surface area contributed by atoms with Crippen LogP contribution in [0, 0.1) is 0 Å². The monoisotopic (exact) mass is 215 g/mol. The molecule has 16 heavy (non-hydrogen) atoms. The fraction of sp³-hybridized carbons (Fsp3) is 0.167. The van der Waals surface area contributed by atoms with Gasteiger partial charge in [0.1, 0.15) is 5.75 Å². The highest BCUT2D eigenvalue weighted by Gasteiger charge is 1.94. The zero-order valence-corrected chi connectivity index (χ0v) is 9.29. The number of hydrogen-bond donors (Lipinski definition) is 0. The van der Waals surface area contributed by atoms with Crippen LogP contribution in [-0.4, -0.2) is 22.9 Å². The molecule has 2 rings (SSSR count). The highest BCUT2D eigenvalue weighted by molar-refractivity contribution is 5.81. The molecule has 1 aromatic heterocycles. The van der Waals surface area contributed by atoms with Gasteiger partial charge < -0.3 is 9.30 Å². The van der Waals surface area contributed by atoms with E-state index in [1.165, 1.54) is 0 Å². The lowest BCUT2D eigenvalue weighted by Gasteiger charge is -1.98. The summed E-state index contributed by atoms with van der Waals surface area (Å²) in [6.07, 6.45) is 5.36. The average molecular weight is 215 g/mol. The van der Waals surface area contributed by atoms with Crippen molar-refractivity contribution in [2.75, 3.05) is 7.11 Å². The first-order chi connectivity index (χ1) is 7.79. The van der Waals surface area contributed by atoms with Crippen LogP contribution < -0.4 is 4.74 Å². The zero-order valence-electron chi connectivity index (χ0n) is 9.29. The Morgan fingerprint density at radius 1 is 1.31 bits per heavy atom. The van der Waals surface area contributed by atoms with Gasteiger partial charge >= 0.3 is 0 Å². The van der Waals surface area contributed by atoms with E-state index >= 15 is 0 Å². The molecule has 0 aliphatic heterocycles. The van der Waals surface area contributed by atoms with Crippen molar-refractivity contribution >= 4 is 12.2 Å². The van der Waals surface area contributed by atoms with Crippen molar-refractivity contribution in [1.29, 1.82) is 0 Å². The van der Waals surface area contributed by atoms with Crippen LogP contribution in [0.5, 0.6) is 5.75 Å². The lowest BCUT2D eigenvalue weighted by Crippen LogP contribution is -1.87. The molecule has 2 aromatic rings. The minimum Gasteiger partial charge on any atom is -0.497 e. The van der Waals surface area contributed by atoms with E-state index in [9.17, 15) is 0 Å². The number of rotatable bonds is 3. The van der Waals surface area contributed by atoms with Crippen molar-refractivity contribution in [3.63, 3.8) is 0 Å². The van der Waals surface area contributed by atoms with Crippen molar-refractivity contribution in [1.82, 2.24) is 9.55 Å². The van der Waals surface area contributed by atoms with Crippen LogP contribution in [0.3, 0.4) is 0 Å². The first kappa shape index (κ1) is 10.4. The Bertz CT molecular complexity index is 485. The van der Waals surface area contributed by atoms with Gasteiger partial charge in [-0.15, -0.1) is 0 Å². The van der Waals surface area contributed by atoms with E-state index in [0.29, 0.717) is 5.95 Å². The Morgan fingerprint density at radius 3 is 2.62 bits per heavy atom. The Hall–Kier alpha value is -2.10. The number of ether oxygens (including phenoxy) is 1. The molecule has 4 nitrogen and oxygen atoms in total. The van der Waals surface area contributed by atoms with Gasteiger partial charge in [0.15, 0.2) is 0 Å². The molecule has 0 radical (unpaired) electrons. The average Bonchev–Trinajstić information content (AvgIpc) is 2.73. The van der Waals surface area contributed by atoms with Crippen molar-refractivity contribution in [2.45, 2.75) is 0 Å². The molecule has 0 aliphatic rings. The van der Waals surface area contributed by atoms with Crippen LogP contribution in [0.2, 0.25) is 0 Å². The molecule has 82 valence electrons. The second-order valence-electron chi connectivity index (χ2n) is 3.37. The predicted octanol–water partition coefficient (Wildman–Crippen LogP) is 2.18. The number of nitrogens with zero attached hydrogens (tertiary/aromatic N) is 3. The van der Waals surface area contributed by atoms with Crippen molar-refractivity contribution in [3.8, 4) is 5.75 Å². The van der Waals surface area contributed by atoms with Gasteiger partial charge in [0, 0.05) is 25.7 Å². The maximum atomic E-state index is 5.08. The molecule has 0 saturated heterocycles. The molecule has 0 amide bonds. The van der Waals surface area contributed by atoms with Gasteiger partial charge in [0.2, 0.25) is 5.95 Å². The molecular formula is C12H13N3O. The fourth-order valence-corrected chi connectivity index (χ4v) is 1.30. The van der Waals surface area contributed by atoms with Crippen molar-refractivity contribution in [3.05, 3.63) is 42.2 Å². The minimum atomic E-state index is 0.691. The third-order valence-electron chi connectivity index (χ3n) is 2.24. The summed E-state index contributed by atoms with van der Waals surface area (Å²) in [5.74, 6) is 1.53. The van der Waals surface area contributed by atoms with E-state index in [0.717, 1.165) is 11.3 Å². The number of methoxy groups -OCH3 is 1. The first-order valence-electron chi connectivity index (χ1n) is 4.95. The van der Waals surface area contributed by atoms with E-state index in [-0.39, 0.29) is 0 Å². The maximum absolute atomic E-state index is 5.08. The quantitative estimate of drug-likeness (QED) is 0.736. The number of aromatic nitrogens is 2. The normalized spacial score (nSPS) is 10.9.